The fraction of sp³-hybridized carbons (Fsp3) is 0.529. The molecule has 0 bridgehead atoms. The molecule has 134 valence electrons. The van der Waals surface area contributed by atoms with Gasteiger partial charge >= 0.3 is 6.03 Å². The zero-order chi connectivity index (χ0) is 17.2. The lowest BCUT2D eigenvalue weighted by atomic mass is 9.87. The number of hydrogen-bond acceptors (Lipinski definition) is 3. The second-order valence-corrected chi connectivity index (χ2v) is 6.91. The highest BCUT2D eigenvalue weighted by Crippen LogP contribution is 2.31. The van der Waals surface area contributed by atoms with E-state index in [-0.39, 0.29) is 29.8 Å². The maximum atomic E-state index is 12.2. The van der Waals surface area contributed by atoms with Crippen LogP contribution in [-0.4, -0.2) is 31.1 Å². The van der Waals surface area contributed by atoms with Gasteiger partial charge in [-0.1, -0.05) is 26.8 Å². The first-order valence-electron chi connectivity index (χ1n) is 7.98. The SMILES string of the molecule is CCNC(=O)N1CCc2ccc(NC(=O)[C@@H](N)C(C)(C)C)cc21.Cl. The number of halogens is 1. The normalized spacial score (nSPS) is 14.5. The topological polar surface area (TPSA) is 87.5 Å². The number of carbonyl (C=O) groups excluding carboxylic acids is 2. The van der Waals surface area contributed by atoms with Gasteiger partial charge in [0.15, 0.2) is 0 Å². The highest BCUT2D eigenvalue weighted by atomic mass is 35.5. The van der Waals surface area contributed by atoms with Crippen LogP contribution in [0.5, 0.6) is 0 Å². The van der Waals surface area contributed by atoms with Gasteiger partial charge in [-0.2, -0.15) is 0 Å². The van der Waals surface area contributed by atoms with Crippen LogP contribution in [0, 0.1) is 5.41 Å². The summed E-state index contributed by atoms with van der Waals surface area (Å²) in [7, 11) is 0. The fourth-order valence-electron chi connectivity index (χ4n) is 2.53. The molecule has 0 saturated carbocycles. The molecule has 2 rings (SSSR count). The maximum absolute atomic E-state index is 12.2. The summed E-state index contributed by atoms with van der Waals surface area (Å²) in [5.41, 5.74) is 8.28. The number of urea groups is 1. The lowest BCUT2D eigenvalue weighted by molar-refractivity contribution is -0.119. The van der Waals surface area contributed by atoms with Crippen molar-refractivity contribution in [2.75, 3.05) is 23.3 Å². The Balaban J connectivity index is 0.00000288. The van der Waals surface area contributed by atoms with Gasteiger partial charge in [-0.05, 0) is 36.5 Å². The van der Waals surface area contributed by atoms with Crippen molar-refractivity contribution in [1.29, 1.82) is 0 Å². The summed E-state index contributed by atoms with van der Waals surface area (Å²) in [6.07, 6.45) is 0.822. The summed E-state index contributed by atoms with van der Waals surface area (Å²) in [6, 6.07) is 4.93. The number of anilines is 2. The van der Waals surface area contributed by atoms with Gasteiger partial charge in [-0.3, -0.25) is 9.69 Å². The third-order valence-corrected chi connectivity index (χ3v) is 4.04. The molecule has 1 heterocycles. The van der Waals surface area contributed by atoms with Gasteiger partial charge in [0.2, 0.25) is 5.91 Å². The maximum Gasteiger partial charge on any atom is 0.321 e. The lowest BCUT2D eigenvalue weighted by Crippen LogP contribution is -2.45. The van der Waals surface area contributed by atoms with Gasteiger partial charge in [0.25, 0.3) is 0 Å². The number of hydrogen-bond donors (Lipinski definition) is 3. The minimum Gasteiger partial charge on any atom is -0.338 e. The molecular formula is C17H27ClN4O2. The first-order valence-corrected chi connectivity index (χ1v) is 7.98. The molecule has 1 atom stereocenters. The van der Waals surface area contributed by atoms with Crippen LogP contribution in [-0.2, 0) is 11.2 Å². The van der Waals surface area contributed by atoms with Crippen molar-refractivity contribution in [3.05, 3.63) is 23.8 Å². The van der Waals surface area contributed by atoms with Crippen molar-refractivity contribution < 1.29 is 9.59 Å². The number of rotatable bonds is 3. The third-order valence-electron chi connectivity index (χ3n) is 4.04. The van der Waals surface area contributed by atoms with E-state index in [1.165, 1.54) is 0 Å². The first-order chi connectivity index (χ1) is 10.7. The molecule has 0 aromatic heterocycles. The van der Waals surface area contributed by atoms with Crippen molar-refractivity contribution in [2.24, 2.45) is 11.1 Å². The molecule has 3 amide bonds. The molecule has 0 saturated heterocycles. The Morgan fingerprint density at radius 3 is 2.58 bits per heavy atom. The van der Waals surface area contributed by atoms with E-state index in [0.717, 1.165) is 17.7 Å². The molecule has 1 aromatic rings. The average molecular weight is 355 g/mol. The summed E-state index contributed by atoms with van der Waals surface area (Å²) in [4.78, 5) is 26.0. The van der Waals surface area contributed by atoms with E-state index in [0.29, 0.717) is 18.8 Å². The molecule has 1 aliphatic rings. The Hall–Kier alpha value is -1.79. The third kappa shape index (κ3) is 4.39. The molecule has 0 aliphatic carbocycles. The number of carbonyl (C=O) groups is 2. The molecule has 6 nitrogen and oxygen atoms in total. The number of nitrogens with one attached hydrogen (secondary N) is 2. The highest BCUT2D eigenvalue weighted by molar-refractivity contribution is 5.98. The highest BCUT2D eigenvalue weighted by Gasteiger charge is 2.28. The van der Waals surface area contributed by atoms with Crippen LogP contribution in [0.2, 0.25) is 0 Å². The molecule has 0 spiro atoms. The van der Waals surface area contributed by atoms with E-state index in [2.05, 4.69) is 10.6 Å². The molecule has 0 fully saturated rings. The van der Waals surface area contributed by atoms with E-state index in [1.54, 1.807) is 4.90 Å². The van der Waals surface area contributed by atoms with E-state index in [1.807, 2.05) is 45.9 Å². The standard InChI is InChI=1S/C17H26N4O2.ClH/c1-5-19-16(23)21-9-8-11-6-7-12(10-13(11)21)20-15(22)14(18)17(2,3)4;/h6-7,10,14H,5,8-9,18H2,1-4H3,(H,19,23)(H,20,22);1H/t14-;/m1./s1. The molecule has 4 N–H and O–H groups in total. The second-order valence-electron chi connectivity index (χ2n) is 6.91. The van der Waals surface area contributed by atoms with Crippen molar-refractivity contribution in [2.45, 2.75) is 40.2 Å². The predicted octanol–water partition coefficient (Wildman–Crippen LogP) is 2.51. The Labute approximate surface area is 149 Å². The van der Waals surface area contributed by atoms with Crippen molar-refractivity contribution in [3.8, 4) is 0 Å². The number of fused-ring (bicyclic) bond motifs is 1. The monoisotopic (exact) mass is 354 g/mol. The van der Waals surface area contributed by atoms with Gasteiger partial charge in [0.05, 0.1) is 11.7 Å². The zero-order valence-corrected chi connectivity index (χ0v) is 15.5. The zero-order valence-electron chi connectivity index (χ0n) is 14.7. The van der Waals surface area contributed by atoms with Crippen molar-refractivity contribution in [3.63, 3.8) is 0 Å². The average Bonchev–Trinajstić information content (AvgIpc) is 2.88. The molecule has 0 unspecified atom stereocenters. The Morgan fingerprint density at radius 1 is 1.33 bits per heavy atom. The minimum absolute atomic E-state index is 0. The Bertz CT molecular complexity index is 613. The van der Waals surface area contributed by atoms with Gasteiger partial charge in [-0.15, -0.1) is 12.4 Å². The lowest BCUT2D eigenvalue weighted by Gasteiger charge is -2.26. The largest absolute Gasteiger partial charge is 0.338 e. The summed E-state index contributed by atoms with van der Waals surface area (Å²) in [5.74, 6) is -0.222. The van der Waals surface area contributed by atoms with Crippen LogP contribution in [0.1, 0.15) is 33.3 Å². The second kappa shape index (κ2) is 7.85. The first kappa shape index (κ1) is 20.3. The molecular weight excluding hydrogens is 328 g/mol. The predicted molar refractivity (Wildman–Crippen MR) is 99.9 cm³/mol. The molecule has 7 heteroatoms. The quantitative estimate of drug-likeness (QED) is 0.779. The summed E-state index contributed by atoms with van der Waals surface area (Å²) in [5, 5.41) is 5.65. The summed E-state index contributed by atoms with van der Waals surface area (Å²) >= 11 is 0. The van der Waals surface area contributed by atoms with Crippen LogP contribution in [0.4, 0.5) is 16.2 Å². The van der Waals surface area contributed by atoms with Crippen LogP contribution < -0.4 is 21.3 Å². The van der Waals surface area contributed by atoms with Gasteiger partial charge in [0, 0.05) is 18.8 Å². The van der Waals surface area contributed by atoms with Crippen LogP contribution >= 0.6 is 12.4 Å². The number of benzene rings is 1. The van der Waals surface area contributed by atoms with Gasteiger partial charge in [0.1, 0.15) is 0 Å². The van der Waals surface area contributed by atoms with E-state index >= 15 is 0 Å². The van der Waals surface area contributed by atoms with Gasteiger partial charge < -0.3 is 16.4 Å². The fourth-order valence-corrected chi connectivity index (χ4v) is 2.53. The summed E-state index contributed by atoms with van der Waals surface area (Å²) in [6.45, 7) is 8.91. The molecule has 1 aliphatic heterocycles. The van der Waals surface area contributed by atoms with E-state index in [9.17, 15) is 9.59 Å². The Kier molecular flexibility index (Phi) is 6.63. The summed E-state index contributed by atoms with van der Waals surface area (Å²) < 4.78 is 0. The molecule has 24 heavy (non-hydrogen) atoms. The number of nitrogens with zero attached hydrogens (tertiary/aromatic N) is 1. The van der Waals surface area contributed by atoms with Crippen molar-refractivity contribution in [1.82, 2.24) is 5.32 Å². The molecule has 1 aromatic carbocycles. The minimum atomic E-state index is -0.602. The van der Waals surface area contributed by atoms with E-state index in [4.69, 9.17) is 5.73 Å². The number of nitrogens with two attached hydrogens (primary N) is 1. The Morgan fingerprint density at radius 2 is 2.00 bits per heavy atom. The van der Waals surface area contributed by atoms with Crippen LogP contribution in [0.15, 0.2) is 18.2 Å². The van der Waals surface area contributed by atoms with Crippen LogP contribution in [0.25, 0.3) is 0 Å². The van der Waals surface area contributed by atoms with Crippen molar-refractivity contribution >= 4 is 35.7 Å². The van der Waals surface area contributed by atoms with E-state index < -0.39 is 6.04 Å². The smallest absolute Gasteiger partial charge is 0.321 e. The number of amides is 3. The van der Waals surface area contributed by atoms with Crippen LogP contribution in [0.3, 0.4) is 0 Å². The van der Waals surface area contributed by atoms with Gasteiger partial charge in [-0.25, -0.2) is 4.79 Å². The molecule has 0 radical (unpaired) electrons.